The van der Waals surface area contributed by atoms with Gasteiger partial charge in [-0.15, -0.1) is 0 Å². The lowest BCUT2D eigenvalue weighted by atomic mass is 9.97. The normalized spacial score (nSPS) is 18.4. The molecule has 0 spiro atoms. The number of rotatable bonds is 10. The lowest BCUT2D eigenvalue weighted by Crippen LogP contribution is -2.41. The number of nitrogens with one attached hydrogen (secondary N) is 2. The Morgan fingerprint density at radius 1 is 0.770 bits per heavy atom. The molecule has 6 rings (SSSR count). The lowest BCUT2D eigenvalue weighted by Gasteiger charge is -2.34. The van der Waals surface area contributed by atoms with Gasteiger partial charge in [-0.05, 0) is 103 Å². The molecule has 6 heterocycles. The van der Waals surface area contributed by atoms with Crippen molar-refractivity contribution in [2.75, 3.05) is 34.4 Å². The number of anilines is 4. The molecule has 2 amide bonds. The standard InChI is InChI=1S/C21H28FN5O4S.C18H21ClFN5O3S.6H2/c1-12(2)31-20-15(22)9-14(18(25-20)27-11-13(3)10-21(27,4)5)19(28)26-32(29,30)17-8-6-7-16(23)24-17;1-10-8-18(2,3)25(9-10)16-11(7-12(20)15(19)23-16)17(26)24-29(27,28)14-6-4-5-13(21)22-14;;;;;;/h6-9,12-13H,10-11H2,1-5H3,(H2,23,24)(H,26,28);4-7,10H,8-9H2,1-3H3,(H2,21,22)(H,24,26);6*1H. The van der Waals surface area contributed by atoms with Gasteiger partial charge < -0.3 is 26.0 Å². The molecular formula is C39H61ClF2N10O7S2. The number of hydrogen-bond acceptors (Lipinski definition) is 15. The maximum absolute atomic E-state index is 14.8. The van der Waals surface area contributed by atoms with Crippen LogP contribution in [0.3, 0.4) is 0 Å². The van der Waals surface area contributed by atoms with Gasteiger partial charge in [0.1, 0.15) is 23.3 Å². The number of carbonyl (C=O) groups excluding carboxylic acids is 2. The van der Waals surface area contributed by atoms with Gasteiger partial charge in [0.15, 0.2) is 26.8 Å². The molecule has 0 saturated carbocycles. The van der Waals surface area contributed by atoms with E-state index in [-0.39, 0.29) is 66.0 Å². The summed E-state index contributed by atoms with van der Waals surface area (Å²) in [6.45, 7) is 16.6. The van der Waals surface area contributed by atoms with Crippen molar-refractivity contribution in [3.8, 4) is 5.88 Å². The van der Waals surface area contributed by atoms with E-state index in [1.165, 1.54) is 36.4 Å². The molecule has 2 fully saturated rings. The molecule has 4 aromatic heterocycles. The van der Waals surface area contributed by atoms with Crippen molar-refractivity contribution in [2.45, 2.75) is 95.5 Å². The number of aromatic nitrogens is 4. The van der Waals surface area contributed by atoms with Crippen molar-refractivity contribution in [3.05, 3.63) is 76.4 Å². The van der Waals surface area contributed by atoms with Crippen LogP contribution in [0.25, 0.3) is 0 Å². The Hall–Kier alpha value is -5.41. The first-order valence-corrected chi connectivity index (χ1v) is 22.4. The molecule has 2 unspecified atom stereocenters. The highest BCUT2D eigenvalue weighted by molar-refractivity contribution is 7.90. The SMILES string of the molecule is CC1CN(c2nc(Cl)c(F)cc2C(=O)NS(=O)(=O)c2cccc(N)n2)C(C)(C)C1.CC1CN(c2nc(OC(C)C)c(F)cc2C(=O)NS(=O)(=O)c2cccc(N)n2)C(C)(C)C1.[HH].[HH].[HH].[HH].[HH].[HH]. The number of sulfonamides is 2. The van der Waals surface area contributed by atoms with Crippen molar-refractivity contribution >= 4 is 66.7 Å². The minimum atomic E-state index is -4.34. The van der Waals surface area contributed by atoms with Crippen molar-refractivity contribution in [2.24, 2.45) is 11.8 Å². The molecule has 17 nitrogen and oxygen atoms in total. The Balaban J connectivity index is 0. The van der Waals surface area contributed by atoms with Crippen LogP contribution in [0, 0.1) is 23.5 Å². The van der Waals surface area contributed by atoms with Crippen molar-refractivity contribution < 1.29 is 48.5 Å². The first kappa shape index (κ1) is 46.7. The van der Waals surface area contributed by atoms with E-state index in [1.54, 1.807) is 13.8 Å². The lowest BCUT2D eigenvalue weighted by molar-refractivity contribution is 0.0971. The van der Waals surface area contributed by atoms with Crippen LogP contribution in [-0.2, 0) is 20.0 Å². The molecular weight excluding hydrogens is 858 g/mol. The number of hydrogen-bond donors (Lipinski definition) is 4. The minimum Gasteiger partial charge on any atom is -0.473 e. The molecule has 342 valence electrons. The second kappa shape index (κ2) is 17.5. The largest absolute Gasteiger partial charge is 0.473 e. The molecule has 6 N–H and O–H groups in total. The van der Waals surface area contributed by atoms with Gasteiger partial charge in [0.05, 0.1) is 17.2 Å². The summed E-state index contributed by atoms with van der Waals surface area (Å²) in [5.41, 5.74) is 9.86. The molecule has 2 atom stereocenters. The summed E-state index contributed by atoms with van der Waals surface area (Å²) in [6, 6.07) is 9.87. The topological polar surface area (TPSA) is 246 Å². The first-order valence-electron chi connectivity index (χ1n) is 19.1. The van der Waals surface area contributed by atoms with E-state index < -0.39 is 58.7 Å². The van der Waals surface area contributed by atoms with Gasteiger partial charge in [0, 0.05) is 32.7 Å². The number of pyridine rings is 4. The predicted molar refractivity (Wildman–Crippen MR) is 239 cm³/mol. The number of ether oxygens (including phenoxy) is 1. The second-order valence-electron chi connectivity index (χ2n) is 16.6. The fourth-order valence-electron chi connectivity index (χ4n) is 7.51. The van der Waals surface area contributed by atoms with E-state index in [0.717, 1.165) is 25.0 Å². The summed E-state index contributed by atoms with van der Waals surface area (Å²) in [4.78, 5) is 45.4. The van der Waals surface area contributed by atoms with Gasteiger partial charge in [-0.3, -0.25) is 9.59 Å². The summed E-state index contributed by atoms with van der Waals surface area (Å²) < 4.78 is 88.6. The van der Waals surface area contributed by atoms with Crippen LogP contribution in [0.4, 0.5) is 32.1 Å². The molecule has 0 bridgehead atoms. The van der Waals surface area contributed by atoms with Crippen molar-refractivity contribution in [1.82, 2.24) is 29.4 Å². The van der Waals surface area contributed by atoms with Crippen LogP contribution in [-0.4, -0.2) is 78.9 Å². The predicted octanol–water partition coefficient (Wildman–Crippen LogP) is 6.80. The number of nitrogen functional groups attached to an aromatic ring is 2. The zero-order valence-corrected chi connectivity index (χ0v) is 37.2. The summed E-state index contributed by atoms with van der Waals surface area (Å²) in [6.07, 6.45) is 1.29. The Labute approximate surface area is 367 Å². The number of carbonyl (C=O) groups is 2. The molecule has 0 aliphatic carbocycles. The Morgan fingerprint density at radius 2 is 1.18 bits per heavy atom. The summed E-state index contributed by atoms with van der Waals surface area (Å²) in [5.74, 6) is -3.27. The molecule has 4 aromatic rings. The summed E-state index contributed by atoms with van der Waals surface area (Å²) in [7, 11) is -8.67. The van der Waals surface area contributed by atoms with Crippen molar-refractivity contribution in [3.63, 3.8) is 0 Å². The van der Waals surface area contributed by atoms with Crippen LogP contribution in [0.2, 0.25) is 5.15 Å². The number of nitrogens with zero attached hydrogens (tertiary/aromatic N) is 6. The Bertz CT molecular complexity index is 2590. The maximum Gasteiger partial charge on any atom is 0.281 e. The van der Waals surface area contributed by atoms with Crippen LogP contribution in [0.5, 0.6) is 5.88 Å². The molecule has 61 heavy (non-hydrogen) atoms. The third kappa shape index (κ3) is 10.7. The molecule has 22 heteroatoms. The zero-order chi connectivity index (χ0) is 45.4. The molecule has 0 radical (unpaired) electrons. The summed E-state index contributed by atoms with van der Waals surface area (Å²) in [5, 5.41) is -1.24. The van der Waals surface area contributed by atoms with Gasteiger partial charge in [0.25, 0.3) is 37.7 Å². The van der Waals surface area contributed by atoms with Gasteiger partial charge >= 0.3 is 0 Å². The fourth-order valence-corrected chi connectivity index (χ4v) is 9.53. The van der Waals surface area contributed by atoms with Gasteiger partial charge in [0.2, 0.25) is 0 Å². The maximum atomic E-state index is 14.8. The van der Waals surface area contributed by atoms with E-state index in [2.05, 4.69) is 26.9 Å². The highest BCUT2D eigenvalue weighted by Crippen LogP contribution is 2.40. The Kier molecular flexibility index (Phi) is 13.4. The summed E-state index contributed by atoms with van der Waals surface area (Å²) >= 11 is 5.86. The van der Waals surface area contributed by atoms with Gasteiger partial charge in [-0.25, -0.2) is 33.2 Å². The minimum absolute atomic E-state index is 0. The fraction of sp³-hybridized carbons (Fsp3) is 0.436. The van der Waals surface area contributed by atoms with Crippen LogP contribution in [0.15, 0.2) is 58.6 Å². The van der Waals surface area contributed by atoms with Crippen LogP contribution < -0.4 is 35.4 Å². The third-order valence-corrected chi connectivity index (χ3v) is 12.6. The zero-order valence-electron chi connectivity index (χ0n) is 34.8. The van der Waals surface area contributed by atoms with E-state index in [0.29, 0.717) is 24.9 Å². The van der Waals surface area contributed by atoms with E-state index in [1.807, 2.05) is 53.9 Å². The van der Waals surface area contributed by atoms with Crippen molar-refractivity contribution in [1.29, 1.82) is 0 Å². The van der Waals surface area contributed by atoms with Crippen LogP contribution >= 0.6 is 11.6 Å². The highest BCUT2D eigenvalue weighted by atomic mass is 35.5. The Morgan fingerprint density at radius 3 is 1.56 bits per heavy atom. The smallest absolute Gasteiger partial charge is 0.281 e. The molecule has 0 aromatic carbocycles. The monoisotopic (exact) mass is 918 g/mol. The number of halogens is 3. The highest BCUT2D eigenvalue weighted by Gasteiger charge is 2.41. The molecule has 2 saturated heterocycles. The van der Waals surface area contributed by atoms with Gasteiger partial charge in [-0.2, -0.15) is 21.8 Å². The number of amides is 2. The van der Waals surface area contributed by atoms with E-state index in [9.17, 15) is 35.2 Å². The third-order valence-electron chi connectivity index (χ3n) is 9.83. The molecule has 2 aliphatic rings. The average Bonchev–Trinajstić information content (AvgIpc) is 3.59. The van der Waals surface area contributed by atoms with Gasteiger partial charge in [-0.1, -0.05) is 37.6 Å². The first-order chi connectivity index (χ1) is 28.2. The molecule has 2 aliphatic heterocycles. The quantitative estimate of drug-likeness (QED) is 0.120. The van der Waals surface area contributed by atoms with E-state index >= 15 is 0 Å². The van der Waals surface area contributed by atoms with Crippen LogP contribution in [0.1, 0.15) is 97.5 Å². The average molecular weight is 920 g/mol. The number of nitrogens with two attached hydrogens (primary N) is 2. The second-order valence-corrected chi connectivity index (χ2v) is 20.2. The van der Waals surface area contributed by atoms with E-state index in [4.69, 9.17) is 27.8 Å².